The van der Waals surface area contributed by atoms with E-state index in [0.29, 0.717) is 28.0 Å². The molecule has 0 aliphatic carbocycles. The maximum Gasteiger partial charge on any atom is 0.349 e. The molecule has 3 aromatic rings. The third-order valence-corrected chi connectivity index (χ3v) is 4.22. The number of ether oxygens (including phenoxy) is 3. The predicted molar refractivity (Wildman–Crippen MR) is 112 cm³/mol. The number of aromatic nitrogens is 2. The Kier molecular flexibility index (Phi) is 6.31. The molecular weight excluding hydrogens is 390 g/mol. The summed E-state index contributed by atoms with van der Waals surface area (Å²) in [6, 6.07) is 11.5. The number of nitrogens with one attached hydrogen (secondary N) is 1. The lowest BCUT2D eigenvalue weighted by molar-refractivity contribution is -0.150. The van der Waals surface area contributed by atoms with E-state index >= 15 is 0 Å². The average molecular weight is 411 g/mol. The quantitative estimate of drug-likeness (QED) is 0.470. The van der Waals surface area contributed by atoms with Gasteiger partial charge in [0, 0.05) is 0 Å². The van der Waals surface area contributed by atoms with Crippen molar-refractivity contribution in [3.8, 4) is 11.5 Å². The van der Waals surface area contributed by atoms with E-state index in [1.54, 1.807) is 56.3 Å². The number of hydrogen-bond donors (Lipinski definition) is 1. The summed E-state index contributed by atoms with van der Waals surface area (Å²) >= 11 is 0. The van der Waals surface area contributed by atoms with E-state index in [4.69, 9.17) is 14.2 Å². The van der Waals surface area contributed by atoms with E-state index in [1.165, 1.54) is 13.3 Å². The molecule has 0 amide bonds. The second-order valence-corrected chi connectivity index (χ2v) is 6.26. The largest absolute Gasteiger partial charge is 0.493 e. The molecule has 0 spiro atoms. The first kappa shape index (κ1) is 20.8. The van der Waals surface area contributed by atoms with E-state index in [-0.39, 0.29) is 6.61 Å². The maximum atomic E-state index is 12.5. The van der Waals surface area contributed by atoms with E-state index in [2.05, 4.69) is 10.1 Å². The predicted octanol–water partition coefficient (Wildman–Crippen LogP) is 1.91. The molecule has 1 unspecified atom stereocenters. The van der Waals surface area contributed by atoms with Crippen molar-refractivity contribution in [1.82, 2.24) is 9.66 Å². The third-order valence-electron chi connectivity index (χ3n) is 4.22. The minimum atomic E-state index is -0.812. The van der Waals surface area contributed by atoms with Crippen molar-refractivity contribution in [1.29, 1.82) is 0 Å². The van der Waals surface area contributed by atoms with Crippen LogP contribution in [-0.2, 0) is 9.53 Å². The van der Waals surface area contributed by atoms with Crippen LogP contribution in [0.2, 0.25) is 0 Å². The fourth-order valence-corrected chi connectivity index (χ4v) is 2.74. The Labute approximate surface area is 171 Å². The standard InChI is InChI=1S/C21H21N3O6/c1-4-29-20(26)13(2)30-17-10-9-14(11-18(17)28-3)12-22-24-19(25)15-7-5-6-8-16(15)23-21(24)27/h5-13H,4H2,1-3H3,(H,23,27). The van der Waals surface area contributed by atoms with Crippen LogP contribution in [0.15, 0.2) is 57.2 Å². The van der Waals surface area contributed by atoms with Crippen molar-refractivity contribution in [2.45, 2.75) is 20.0 Å². The molecule has 1 aromatic heterocycles. The molecule has 156 valence electrons. The number of benzene rings is 2. The molecule has 0 saturated carbocycles. The number of H-pyrrole nitrogens is 1. The number of nitrogens with zero attached hydrogens (tertiary/aromatic N) is 2. The van der Waals surface area contributed by atoms with Gasteiger partial charge in [0.25, 0.3) is 5.56 Å². The molecule has 1 N–H and O–H groups in total. The molecule has 30 heavy (non-hydrogen) atoms. The maximum absolute atomic E-state index is 12.5. The number of hydrogen-bond acceptors (Lipinski definition) is 7. The van der Waals surface area contributed by atoms with Crippen LogP contribution < -0.4 is 20.7 Å². The number of rotatable bonds is 7. The van der Waals surface area contributed by atoms with Gasteiger partial charge in [0.15, 0.2) is 17.6 Å². The van der Waals surface area contributed by atoms with E-state index in [0.717, 1.165) is 4.68 Å². The van der Waals surface area contributed by atoms with Crippen molar-refractivity contribution in [2.75, 3.05) is 13.7 Å². The van der Waals surface area contributed by atoms with Gasteiger partial charge in [0.1, 0.15) is 0 Å². The number of methoxy groups -OCH3 is 1. The van der Waals surface area contributed by atoms with Crippen LogP contribution in [0.1, 0.15) is 19.4 Å². The molecule has 0 radical (unpaired) electrons. The number of carbonyl (C=O) groups is 1. The van der Waals surface area contributed by atoms with Crippen molar-refractivity contribution < 1.29 is 19.0 Å². The Hall–Kier alpha value is -3.88. The number of aromatic amines is 1. The van der Waals surface area contributed by atoms with Crippen molar-refractivity contribution >= 4 is 23.1 Å². The van der Waals surface area contributed by atoms with Crippen LogP contribution in [0.3, 0.4) is 0 Å². The average Bonchev–Trinajstić information content (AvgIpc) is 2.74. The molecule has 0 aliphatic rings. The first-order valence-electron chi connectivity index (χ1n) is 9.24. The molecule has 9 nitrogen and oxygen atoms in total. The van der Waals surface area contributed by atoms with Crippen LogP contribution in [0.5, 0.6) is 11.5 Å². The van der Waals surface area contributed by atoms with Crippen LogP contribution in [0.25, 0.3) is 10.9 Å². The van der Waals surface area contributed by atoms with Gasteiger partial charge in [-0.15, -0.1) is 4.68 Å². The number of carbonyl (C=O) groups excluding carboxylic acids is 1. The smallest absolute Gasteiger partial charge is 0.349 e. The van der Waals surface area contributed by atoms with Crippen molar-refractivity contribution in [3.05, 3.63) is 68.9 Å². The zero-order valence-corrected chi connectivity index (χ0v) is 16.7. The summed E-state index contributed by atoms with van der Waals surface area (Å²) in [4.78, 5) is 39.1. The lowest BCUT2D eigenvalue weighted by atomic mass is 10.2. The molecule has 3 rings (SSSR count). The lowest BCUT2D eigenvalue weighted by Gasteiger charge is -2.16. The summed E-state index contributed by atoms with van der Waals surface area (Å²) in [5.41, 5.74) is -0.175. The molecule has 0 aliphatic heterocycles. The molecule has 0 saturated heterocycles. The zero-order valence-electron chi connectivity index (χ0n) is 16.7. The third kappa shape index (κ3) is 4.40. The molecule has 1 heterocycles. The fraction of sp³-hybridized carbons (Fsp3) is 0.238. The molecule has 1 atom stereocenters. The molecule has 9 heteroatoms. The Morgan fingerprint density at radius 3 is 2.70 bits per heavy atom. The highest BCUT2D eigenvalue weighted by Gasteiger charge is 2.18. The number of esters is 1. The fourth-order valence-electron chi connectivity index (χ4n) is 2.74. The van der Waals surface area contributed by atoms with E-state index in [9.17, 15) is 14.4 Å². The number of para-hydroxylation sites is 1. The lowest BCUT2D eigenvalue weighted by Crippen LogP contribution is -2.32. The molecule has 0 fully saturated rings. The van der Waals surface area contributed by atoms with E-state index < -0.39 is 23.3 Å². The number of fused-ring (bicyclic) bond motifs is 1. The SMILES string of the molecule is CCOC(=O)C(C)Oc1ccc(C=Nn2c(=O)[nH]c3ccccc3c2=O)cc1OC. The second-order valence-electron chi connectivity index (χ2n) is 6.26. The minimum absolute atomic E-state index is 0.256. The Balaban J connectivity index is 1.88. The van der Waals surface area contributed by atoms with Gasteiger partial charge < -0.3 is 19.2 Å². The van der Waals surface area contributed by atoms with Crippen molar-refractivity contribution in [3.63, 3.8) is 0 Å². The summed E-state index contributed by atoms with van der Waals surface area (Å²) < 4.78 is 16.6. The van der Waals surface area contributed by atoms with Crippen LogP contribution in [0, 0.1) is 0 Å². The molecular formula is C21H21N3O6. The normalized spacial score (nSPS) is 12.1. The van der Waals surface area contributed by atoms with Crippen LogP contribution in [0.4, 0.5) is 0 Å². The minimum Gasteiger partial charge on any atom is -0.493 e. The first-order chi connectivity index (χ1) is 14.4. The second kappa shape index (κ2) is 9.08. The van der Waals surface area contributed by atoms with Gasteiger partial charge in [-0.25, -0.2) is 9.59 Å². The Morgan fingerprint density at radius 2 is 1.97 bits per heavy atom. The summed E-state index contributed by atoms with van der Waals surface area (Å²) in [7, 11) is 1.46. The topological polar surface area (TPSA) is 112 Å². The van der Waals surface area contributed by atoms with Crippen molar-refractivity contribution in [2.24, 2.45) is 5.10 Å². The highest BCUT2D eigenvalue weighted by atomic mass is 16.6. The summed E-state index contributed by atoms with van der Waals surface area (Å²) in [6.45, 7) is 3.54. The first-order valence-corrected chi connectivity index (χ1v) is 9.24. The Morgan fingerprint density at radius 1 is 1.20 bits per heavy atom. The zero-order chi connectivity index (χ0) is 21.7. The van der Waals surface area contributed by atoms with Gasteiger partial charge in [-0.2, -0.15) is 5.10 Å². The summed E-state index contributed by atoms with van der Waals surface area (Å²) in [5.74, 6) is 0.214. The van der Waals surface area contributed by atoms with Gasteiger partial charge in [-0.1, -0.05) is 12.1 Å². The van der Waals surface area contributed by atoms with Gasteiger partial charge in [0.2, 0.25) is 0 Å². The van der Waals surface area contributed by atoms with Gasteiger partial charge in [-0.05, 0) is 49.7 Å². The van der Waals surface area contributed by atoms with Gasteiger partial charge in [0.05, 0.1) is 30.8 Å². The van der Waals surface area contributed by atoms with Gasteiger partial charge >= 0.3 is 11.7 Å². The monoisotopic (exact) mass is 411 g/mol. The summed E-state index contributed by atoms with van der Waals surface area (Å²) in [5, 5.41) is 4.36. The molecule has 0 bridgehead atoms. The molecule has 2 aromatic carbocycles. The summed E-state index contributed by atoms with van der Waals surface area (Å²) in [6.07, 6.45) is 0.542. The van der Waals surface area contributed by atoms with Gasteiger partial charge in [-0.3, -0.25) is 4.79 Å². The highest BCUT2D eigenvalue weighted by Crippen LogP contribution is 2.28. The Bertz CT molecular complexity index is 1210. The van der Waals surface area contributed by atoms with E-state index in [1.807, 2.05) is 0 Å². The highest BCUT2D eigenvalue weighted by molar-refractivity contribution is 5.81. The van der Waals surface area contributed by atoms with Crippen LogP contribution in [-0.4, -0.2) is 41.7 Å². The van der Waals surface area contributed by atoms with Crippen LogP contribution >= 0.6 is 0 Å².